The number of nitrogens with zero attached hydrogens (tertiary/aromatic N) is 2. The topological polar surface area (TPSA) is 41.6 Å². The molecule has 6 heteroatoms. The largest absolute Gasteiger partial charge is 0.370 e. The van der Waals surface area contributed by atoms with Crippen LogP contribution in [0, 0.1) is 0 Å². The summed E-state index contributed by atoms with van der Waals surface area (Å²) in [4.78, 5) is 6.33. The van der Waals surface area contributed by atoms with Crippen LogP contribution in [-0.2, 0) is 6.54 Å². The number of guanidine groups is 1. The van der Waals surface area contributed by atoms with Crippen molar-refractivity contribution in [2.24, 2.45) is 10.7 Å². The summed E-state index contributed by atoms with van der Waals surface area (Å²) in [7, 11) is 1.97. The van der Waals surface area contributed by atoms with Gasteiger partial charge in [-0.3, -0.25) is 0 Å². The van der Waals surface area contributed by atoms with Gasteiger partial charge < -0.3 is 10.6 Å². The molecule has 2 rings (SSSR count). The van der Waals surface area contributed by atoms with Crippen molar-refractivity contribution in [3.05, 3.63) is 20.3 Å². The lowest BCUT2D eigenvalue weighted by atomic mass is 10.3. The molecule has 1 aromatic heterocycles. The van der Waals surface area contributed by atoms with Gasteiger partial charge in [0.1, 0.15) is 0 Å². The van der Waals surface area contributed by atoms with E-state index in [-0.39, 0.29) is 0 Å². The molecule has 16 heavy (non-hydrogen) atoms. The van der Waals surface area contributed by atoms with Crippen LogP contribution in [0.1, 0.15) is 18.4 Å². The lowest BCUT2D eigenvalue weighted by Crippen LogP contribution is -2.35. The Kier molecular flexibility index (Phi) is 3.62. The Morgan fingerprint density at radius 2 is 2.31 bits per heavy atom. The van der Waals surface area contributed by atoms with Crippen LogP contribution in [0.3, 0.4) is 0 Å². The molecule has 0 amide bonds. The number of hydrogen-bond acceptors (Lipinski definition) is 2. The van der Waals surface area contributed by atoms with Gasteiger partial charge in [0.15, 0.2) is 5.96 Å². The Labute approximate surface area is 109 Å². The normalized spacial score (nSPS) is 16.6. The summed E-state index contributed by atoms with van der Waals surface area (Å²) in [6.45, 7) is 0.491. The zero-order valence-corrected chi connectivity index (χ0v) is 11.2. The third kappa shape index (κ3) is 2.81. The van der Waals surface area contributed by atoms with E-state index in [1.807, 2.05) is 18.0 Å². The van der Waals surface area contributed by atoms with E-state index >= 15 is 0 Å². The summed E-state index contributed by atoms with van der Waals surface area (Å²) in [6.07, 6.45) is 2.41. The Morgan fingerprint density at radius 1 is 1.62 bits per heavy atom. The molecule has 2 N–H and O–H groups in total. The first-order valence-corrected chi connectivity index (χ1v) is 6.61. The molecule has 1 saturated carbocycles. The molecular weight excluding hydrogens is 265 g/mol. The maximum atomic E-state index is 5.99. The Hall–Kier alpha value is -0.450. The van der Waals surface area contributed by atoms with E-state index in [1.54, 1.807) is 0 Å². The number of nitrogens with two attached hydrogens (primary N) is 1. The van der Waals surface area contributed by atoms with E-state index in [1.165, 1.54) is 24.2 Å². The Morgan fingerprint density at radius 3 is 2.81 bits per heavy atom. The maximum absolute atomic E-state index is 5.99. The van der Waals surface area contributed by atoms with Gasteiger partial charge in [0.05, 0.1) is 15.2 Å². The van der Waals surface area contributed by atoms with Crippen LogP contribution in [0.4, 0.5) is 0 Å². The molecule has 0 atom stereocenters. The van der Waals surface area contributed by atoms with Crippen LogP contribution >= 0.6 is 34.5 Å². The second-order valence-corrected chi connectivity index (χ2v) is 6.15. The van der Waals surface area contributed by atoms with Crippen molar-refractivity contribution in [1.82, 2.24) is 4.90 Å². The van der Waals surface area contributed by atoms with E-state index in [0.717, 1.165) is 5.56 Å². The van der Waals surface area contributed by atoms with Crippen molar-refractivity contribution < 1.29 is 0 Å². The third-order valence-corrected chi connectivity index (χ3v) is 4.16. The molecule has 0 radical (unpaired) electrons. The molecule has 3 nitrogen and oxygen atoms in total. The molecule has 0 aromatic carbocycles. The van der Waals surface area contributed by atoms with Gasteiger partial charge in [-0.15, -0.1) is 11.3 Å². The zero-order valence-electron chi connectivity index (χ0n) is 8.91. The van der Waals surface area contributed by atoms with Crippen molar-refractivity contribution >= 4 is 40.5 Å². The van der Waals surface area contributed by atoms with Crippen LogP contribution in [0.15, 0.2) is 11.1 Å². The predicted octanol–water partition coefficient (Wildman–Crippen LogP) is 2.96. The highest BCUT2D eigenvalue weighted by molar-refractivity contribution is 7.20. The first kappa shape index (κ1) is 12.0. The fourth-order valence-electron chi connectivity index (χ4n) is 1.41. The van der Waals surface area contributed by atoms with Crippen LogP contribution < -0.4 is 5.73 Å². The smallest absolute Gasteiger partial charge is 0.191 e. The summed E-state index contributed by atoms with van der Waals surface area (Å²) in [5, 5.41) is 0. The van der Waals surface area contributed by atoms with E-state index < -0.39 is 0 Å². The number of thiophene rings is 1. The van der Waals surface area contributed by atoms with Crippen molar-refractivity contribution in [2.45, 2.75) is 25.4 Å². The van der Waals surface area contributed by atoms with Crippen molar-refractivity contribution in [3.63, 3.8) is 0 Å². The molecule has 0 unspecified atom stereocenters. The number of halogens is 2. The summed E-state index contributed by atoms with van der Waals surface area (Å²) in [5.74, 6) is 0.570. The molecule has 0 spiro atoms. The lowest BCUT2D eigenvalue weighted by molar-refractivity contribution is 0.487. The molecule has 0 bridgehead atoms. The second kappa shape index (κ2) is 4.82. The number of hydrogen-bond donors (Lipinski definition) is 1. The standard InChI is InChI=1S/C10H13Cl2N3S/c1-15(7-2-3-7)10(13)14-5-6-4-8(11)16-9(6)12/h4,7H,2-3,5H2,1H3,(H2,13,14). The second-order valence-electron chi connectivity index (χ2n) is 3.87. The molecule has 1 aromatic rings. The SMILES string of the molecule is CN(C(N)=NCc1cc(Cl)sc1Cl)C1CC1. The molecule has 1 aliphatic carbocycles. The van der Waals surface area contributed by atoms with Crippen molar-refractivity contribution in [2.75, 3.05) is 7.05 Å². The quantitative estimate of drug-likeness (QED) is 0.682. The first-order valence-electron chi connectivity index (χ1n) is 5.04. The van der Waals surface area contributed by atoms with Gasteiger partial charge >= 0.3 is 0 Å². The number of rotatable bonds is 3. The predicted molar refractivity (Wildman–Crippen MR) is 70.5 cm³/mol. The van der Waals surface area contributed by atoms with Gasteiger partial charge in [0, 0.05) is 18.7 Å². The van der Waals surface area contributed by atoms with E-state index in [9.17, 15) is 0 Å². The molecule has 0 aliphatic heterocycles. The van der Waals surface area contributed by atoms with Gasteiger partial charge in [-0.25, -0.2) is 4.99 Å². The Balaban J connectivity index is 1.99. The van der Waals surface area contributed by atoms with Crippen LogP contribution in [0.25, 0.3) is 0 Å². The summed E-state index contributed by atoms with van der Waals surface area (Å²) >= 11 is 13.2. The average molecular weight is 278 g/mol. The van der Waals surface area contributed by atoms with Crippen LogP contribution in [0.2, 0.25) is 8.67 Å². The van der Waals surface area contributed by atoms with Gasteiger partial charge in [0.2, 0.25) is 0 Å². The summed E-state index contributed by atoms with van der Waals surface area (Å²) < 4.78 is 1.37. The van der Waals surface area contributed by atoms with Gasteiger partial charge in [-0.1, -0.05) is 23.2 Å². The monoisotopic (exact) mass is 277 g/mol. The fraction of sp³-hybridized carbons (Fsp3) is 0.500. The molecular formula is C10H13Cl2N3S. The van der Waals surface area contributed by atoms with Crippen LogP contribution in [0.5, 0.6) is 0 Å². The van der Waals surface area contributed by atoms with Crippen molar-refractivity contribution in [1.29, 1.82) is 0 Å². The molecule has 1 aliphatic rings. The Bertz CT molecular complexity index is 412. The number of aliphatic imine (C=N–C) groups is 1. The van der Waals surface area contributed by atoms with E-state index in [0.29, 0.717) is 27.2 Å². The molecule has 1 fully saturated rings. The average Bonchev–Trinajstić information content (AvgIpc) is 3.01. The zero-order chi connectivity index (χ0) is 11.7. The summed E-state index contributed by atoms with van der Waals surface area (Å²) in [5.41, 5.74) is 6.80. The molecule has 1 heterocycles. The fourth-order valence-corrected chi connectivity index (χ4v) is 2.88. The van der Waals surface area contributed by atoms with Gasteiger partial charge in [0.25, 0.3) is 0 Å². The minimum atomic E-state index is 0.491. The minimum Gasteiger partial charge on any atom is -0.370 e. The van der Waals surface area contributed by atoms with Crippen LogP contribution in [-0.4, -0.2) is 23.9 Å². The molecule has 88 valence electrons. The first-order chi connectivity index (χ1) is 7.58. The van der Waals surface area contributed by atoms with Crippen molar-refractivity contribution in [3.8, 4) is 0 Å². The van der Waals surface area contributed by atoms with Gasteiger partial charge in [-0.05, 0) is 18.9 Å². The third-order valence-electron chi connectivity index (χ3n) is 2.59. The maximum Gasteiger partial charge on any atom is 0.191 e. The summed E-state index contributed by atoms with van der Waals surface area (Å²) in [6, 6.07) is 2.41. The highest BCUT2D eigenvalue weighted by Gasteiger charge is 2.27. The van der Waals surface area contributed by atoms with E-state index in [2.05, 4.69) is 4.99 Å². The highest BCUT2D eigenvalue weighted by Crippen LogP contribution is 2.31. The minimum absolute atomic E-state index is 0.491. The highest BCUT2D eigenvalue weighted by atomic mass is 35.5. The van der Waals surface area contributed by atoms with Gasteiger partial charge in [-0.2, -0.15) is 0 Å². The molecule has 0 saturated heterocycles. The van der Waals surface area contributed by atoms with E-state index in [4.69, 9.17) is 28.9 Å². The lowest BCUT2D eigenvalue weighted by Gasteiger charge is -2.16.